The van der Waals surface area contributed by atoms with E-state index in [-0.39, 0.29) is 17.3 Å². The Labute approximate surface area is 191 Å². The van der Waals surface area contributed by atoms with Crippen molar-refractivity contribution in [3.8, 4) is 11.1 Å². The number of rotatable bonds is 6. The summed E-state index contributed by atoms with van der Waals surface area (Å²) in [6.45, 7) is 5.73. The van der Waals surface area contributed by atoms with Crippen LogP contribution in [0.3, 0.4) is 0 Å². The van der Waals surface area contributed by atoms with Crippen LogP contribution in [0.15, 0.2) is 64.0 Å². The molecule has 0 aliphatic carbocycles. The zero-order valence-corrected chi connectivity index (χ0v) is 20.2. The molecule has 162 valence electrons. The molecule has 0 heterocycles. The minimum absolute atomic E-state index is 0.0387. The Morgan fingerprint density at radius 2 is 1.68 bits per heavy atom. The van der Waals surface area contributed by atoms with Gasteiger partial charge in [0.05, 0.1) is 19.2 Å². The van der Waals surface area contributed by atoms with Gasteiger partial charge in [-0.1, -0.05) is 42.0 Å². The van der Waals surface area contributed by atoms with E-state index in [1.807, 2.05) is 45.0 Å². The first kappa shape index (κ1) is 23.0. The van der Waals surface area contributed by atoms with Gasteiger partial charge in [-0.3, -0.25) is 9.52 Å². The van der Waals surface area contributed by atoms with Crippen LogP contribution in [0.4, 0.5) is 5.69 Å². The average Bonchev–Trinajstić information content (AvgIpc) is 2.72. The van der Waals surface area contributed by atoms with Crippen LogP contribution in [0.2, 0.25) is 0 Å². The molecule has 3 rings (SSSR count). The van der Waals surface area contributed by atoms with E-state index in [1.54, 1.807) is 24.3 Å². The Bertz CT molecular complexity index is 1240. The number of carbonyl (C=O) groups is 1. The summed E-state index contributed by atoms with van der Waals surface area (Å²) >= 11 is 3.30. The van der Waals surface area contributed by atoms with E-state index in [9.17, 15) is 13.2 Å². The highest BCUT2D eigenvalue weighted by Gasteiger charge is 2.22. The molecule has 0 radical (unpaired) electrons. The Morgan fingerprint density at radius 3 is 2.29 bits per heavy atom. The first-order valence-electron chi connectivity index (χ1n) is 9.68. The van der Waals surface area contributed by atoms with E-state index >= 15 is 0 Å². The number of aryl methyl sites for hydroxylation is 2. The zero-order chi connectivity index (χ0) is 22.8. The lowest BCUT2D eigenvalue weighted by molar-refractivity contribution is -0.139. The molecule has 0 spiro atoms. The summed E-state index contributed by atoms with van der Waals surface area (Å²) in [5.41, 5.74) is 5.71. The van der Waals surface area contributed by atoms with Crippen molar-refractivity contribution in [2.24, 2.45) is 0 Å². The van der Waals surface area contributed by atoms with Gasteiger partial charge in [0.2, 0.25) is 0 Å². The molecule has 0 unspecified atom stereocenters. The molecule has 0 aliphatic heterocycles. The summed E-state index contributed by atoms with van der Waals surface area (Å²) in [6, 6.07) is 16.5. The van der Waals surface area contributed by atoms with E-state index in [4.69, 9.17) is 4.74 Å². The lowest BCUT2D eigenvalue weighted by Crippen LogP contribution is -2.16. The zero-order valence-electron chi connectivity index (χ0n) is 17.8. The summed E-state index contributed by atoms with van der Waals surface area (Å²) in [7, 11) is -2.49. The molecule has 0 saturated carbocycles. The van der Waals surface area contributed by atoms with Crippen LogP contribution in [-0.2, 0) is 26.0 Å². The van der Waals surface area contributed by atoms with Crippen LogP contribution in [0, 0.1) is 20.8 Å². The lowest BCUT2D eigenvalue weighted by atomic mass is 9.89. The minimum Gasteiger partial charge on any atom is -0.469 e. The van der Waals surface area contributed by atoms with Crippen LogP contribution >= 0.6 is 15.9 Å². The van der Waals surface area contributed by atoms with Crippen molar-refractivity contribution in [3.05, 3.63) is 81.3 Å². The Balaban J connectivity index is 2.16. The predicted molar refractivity (Wildman–Crippen MR) is 127 cm³/mol. The molecule has 0 aromatic heterocycles. The fourth-order valence-electron chi connectivity index (χ4n) is 3.51. The number of nitrogens with one attached hydrogen (secondary N) is 1. The monoisotopic (exact) mass is 501 g/mol. The van der Waals surface area contributed by atoms with Crippen molar-refractivity contribution >= 4 is 37.6 Å². The van der Waals surface area contributed by atoms with Crippen LogP contribution in [0.5, 0.6) is 0 Å². The topological polar surface area (TPSA) is 72.5 Å². The number of ether oxygens (including phenoxy) is 1. The number of methoxy groups -OCH3 is 1. The highest BCUT2D eigenvalue weighted by molar-refractivity contribution is 9.10. The molecule has 7 heteroatoms. The number of halogens is 1. The van der Waals surface area contributed by atoms with Gasteiger partial charge >= 0.3 is 5.97 Å². The molecule has 0 saturated heterocycles. The number of esters is 1. The molecule has 0 amide bonds. The number of benzene rings is 3. The summed E-state index contributed by atoms with van der Waals surface area (Å²) in [5.74, 6) is -0.387. The quantitative estimate of drug-likeness (QED) is 0.448. The first-order valence-corrected chi connectivity index (χ1v) is 12.0. The third-order valence-corrected chi connectivity index (χ3v) is 7.55. The third-order valence-electron chi connectivity index (χ3n) is 5.17. The lowest BCUT2D eigenvalue weighted by Gasteiger charge is -2.20. The van der Waals surface area contributed by atoms with Gasteiger partial charge in [-0.25, -0.2) is 8.42 Å². The largest absolute Gasteiger partial charge is 0.469 e. The van der Waals surface area contributed by atoms with E-state index in [2.05, 4.69) is 20.7 Å². The highest BCUT2D eigenvalue weighted by Crippen LogP contribution is 2.36. The summed E-state index contributed by atoms with van der Waals surface area (Å²) in [4.78, 5) is 12.3. The minimum atomic E-state index is -3.83. The van der Waals surface area contributed by atoms with Gasteiger partial charge in [0.25, 0.3) is 10.0 Å². The van der Waals surface area contributed by atoms with Gasteiger partial charge in [0, 0.05) is 4.47 Å². The normalized spacial score (nSPS) is 11.3. The van der Waals surface area contributed by atoms with Gasteiger partial charge in [0.1, 0.15) is 4.90 Å². The molecule has 3 aromatic carbocycles. The Hall–Kier alpha value is -2.64. The fourth-order valence-corrected chi connectivity index (χ4v) is 5.63. The number of hydrogen-bond donors (Lipinski definition) is 1. The van der Waals surface area contributed by atoms with Crippen LogP contribution < -0.4 is 4.72 Å². The van der Waals surface area contributed by atoms with Crippen molar-refractivity contribution in [2.45, 2.75) is 32.1 Å². The SMILES string of the molecule is COC(=O)Cc1c(C)c(NS(=O)(=O)c2ccccc2Br)cc(C)c1-c1ccc(C)cc1. The maximum Gasteiger partial charge on any atom is 0.310 e. The van der Waals surface area contributed by atoms with Gasteiger partial charge in [0.15, 0.2) is 0 Å². The highest BCUT2D eigenvalue weighted by atomic mass is 79.9. The Kier molecular flexibility index (Phi) is 6.86. The standard InChI is InChI=1S/C24H24BrNO4S/c1-15-9-11-18(12-10-15)24-16(2)13-21(17(3)19(24)14-23(27)30-4)26-31(28,29)22-8-6-5-7-20(22)25/h5-13,26H,14H2,1-4H3. The first-order chi connectivity index (χ1) is 14.6. The van der Waals surface area contributed by atoms with E-state index in [1.165, 1.54) is 13.2 Å². The van der Waals surface area contributed by atoms with Crippen molar-refractivity contribution in [1.82, 2.24) is 0 Å². The van der Waals surface area contributed by atoms with Crippen LogP contribution in [0.25, 0.3) is 11.1 Å². The summed E-state index contributed by atoms with van der Waals surface area (Å²) in [6.07, 6.45) is 0.0387. The van der Waals surface area contributed by atoms with Crippen molar-refractivity contribution in [3.63, 3.8) is 0 Å². The third kappa shape index (κ3) is 4.99. The maximum atomic E-state index is 13.0. The molecule has 3 aromatic rings. The second-order valence-corrected chi connectivity index (χ2v) is 9.88. The molecular formula is C24H24BrNO4S. The molecule has 5 nitrogen and oxygen atoms in total. The van der Waals surface area contributed by atoms with Gasteiger partial charge in [-0.2, -0.15) is 0 Å². The molecule has 0 bridgehead atoms. The van der Waals surface area contributed by atoms with Crippen molar-refractivity contribution in [2.75, 3.05) is 11.8 Å². The van der Waals surface area contributed by atoms with Crippen molar-refractivity contribution in [1.29, 1.82) is 0 Å². The molecular weight excluding hydrogens is 478 g/mol. The second kappa shape index (κ2) is 9.24. The van der Waals surface area contributed by atoms with Crippen LogP contribution in [-0.4, -0.2) is 21.5 Å². The summed E-state index contributed by atoms with van der Waals surface area (Å²) in [5, 5.41) is 0. The number of sulfonamides is 1. The molecule has 31 heavy (non-hydrogen) atoms. The van der Waals surface area contributed by atoms with E-state index in [0.717, 1.165) is 27.8 Å². The number of carbonyl (C=O) groups excluding carboxylic acids is 1. The summed E-state index contributed by atoms with van der Waals surface area (Å²) < 4.78 is 34.1. The predicted octanol–water partition coefficient (Wildman–Crippen LogP) is 5.56. The van der Waals surface area contributed by atoms with Crippen molar-refractivity contribution < 1.29 is 17.9 Å². The maximum absolute atomic E-state index is 13.0. The number of hydrogen-bond acceptors (Lipinski definition) is 4. The average molecular weight is 502 g/mol. The molecule has 0 atom stereocenters. The molecule has 0 fully saturated rings. The molecule has 0 aliphatic rings. The van der Waals surface area contributed by atoms with Gasteiger partial charge < -0.3 is 4.74 Å². The second-order valence-electron chi connectivity index (χ2n) is 7.37. The molecule has 1 N–H and O–H groups in total. The van der Waals surface area contributed by atoms with Gasteiger partial charge in [-0.15, -0.1) is 0 Å². The number of anilines is 1. The van der Waals surface area contributed by atoms with E-state index in [0.29, 0.717) is 15.7 Å². The fraction of sp³-hybridized carbons (Fsp3) is 0.208. The van der Waals surface area contributed by atoms with Gasteiger partial charge in [-0.05, 0) is 82.7 Å². The van der Waals surface area contributed by atoms with Crippen LogP contribution in [0.1, 0.15) is 22.3 Å². The van der Waals surface area contributed by atoms with E-state index < -0.39 is 10.0 Å². The Morgan fingerprint density at radius 1 is 1.03 bits per heavy atom. The smallest absolute Gasteiger partial charge is 0.310 e.